The largest absolute Gasteiger partial charge is 0.465 e. The third-order valence-electron chi connectivity index (χ3n) is 3.22. The van der Waals surface area contributed by atoms with Crippen molar-refractivity contribution in [1.29, 1.82) is 0 Å². The van der Waals surface area contributed by atoms with Gasteiger partial charge in [0.25, 0.3) is 0 Å². The number of nitrogens with zero attached hydrogens (tertiary/aromatic N) is 1. The molecule has 0 radical (unpaired) electrons. The van der Waals surface area contributed by atoms with Crippen molar-refractivity contribution in [3.05, 3.63) is 0 Å². The summed E-state index contributed by atoms with van der Waals surface area (Å²) in [6.07, 6.45) is 5.77. The molecule has 94 valence electrons. The number of carbonyl (C=O) groups excluding carboxylic acids is 1. The predicted molar refractivity (Wildman–Crippen MR) is 65.3 cm³/mol. The number of rotatable bonds is 5. The van der Waals surface area contributed by atoms with Gasteiger partial charge in [-0.1, -0.05) is 20.3 Å². The van der Waals surface area contributed by atoms with E-state index in [2.05, 4.69) is 18.7 Å². The van der Waals surface area contributed by atoms with Crippen LogP contribution in [0.25, 0.3) is 0 Å². The van der Waals surface area contributed by atoms with Gasteiger partial charge in [0.2, 0.25) is 0 Å². The number of likely N-dealkylation sites (tertiary alicyclic amines) is 1. The van der Waals surface area contributed by atoms with E-state index in [1.807, 2.05) is 0 Å². The predicted octanol–water partition coefficient (Wildman–Crippen LogP) is 2.45. The van der Waals surface area contributed by atoms with Gasteiger partial charge < -0.3 is 4.74 Å². The van der Waals surface area contributed by atoms with Crippen molar-refractivity contribution in [3.63, 3.8) is 0 Å². The van der Waals surface area contributed by atoms with E-state index in [4.69, 9.17) is 4.74 Å². The molecule has 3 nitrogen and oxygen atoms in total. The molecule has 1 saturated heterocycles. The van der Waals surface area contributed by atoms with Gasteiger partial charge in [-0.15, -0.1) is 0 Å². The van der Waals surface area contributed by atoms with Crippen molar-refractivity contribution in [2.45, 2.75) is 46.0 Å². The standard InChI is InChI=1S/C13H25NO2/c1-3-4-10-16-13(15)11-14-8-5-6-12(2)7-9-14/h12H,3-11H2,1-2H3. The highest BCUT2D eigenvalue weighted by atomic mass is 16.5. The quantitative estimate of drug-likeness (QED) is 0.534. The molecule has 0 saturated carbocycles. The van der Waals surface area contributed by atoms with Crippen LogP contribution in [0.3, 0.4) is 0 Å². The Morgan fingerprint density at radius 3 is 2.94 bits per heavy atom. The summed E-state index contributed by atoms with van der Waals surface area (Å²) in [5.41, 5.74) is 0. The van der Waals surface area contributed by atoms with E-state index >= 15 is 0 Å². The van der Waals surface area contributed by atoms with E-state index in [1.54, 1.807) is 0 Å². The molecule has 0 N–H and O–H groups in total. The van der Waals surface area contributed by atoms with Crippen LogP contribution >= 0.6 is 0 Å². The molecule has 0 amide bonds. The third-order valence-corrected chi connectivity index (χ3v) is 3.22. The summed E-state index contributed by atoms with van der Waals surface area (Å²) in [4.78, 5) is 13.7. The first kappa shape index (κ1) is 13.5. The molecule has 1 aliphatic heterocycles. The molecular formula is C13H25NO2. The van der Waals surface area contributed by atoms with Gasteiger partial charge in [-0.25, -0.2) is 0 Å². The zero-order valence-electron chi connectivity index (χ0n) is 10.7. The lowest BCUT2D eigenvalue weighted by molar-refractivity contribution is -0.145. The van der Waals surface area contributed by atoms with E-state index < -0.39 is 0 Å². The van der Waals surface area contributed by atoms with Crippen molar-refractivity contribution in [2.75, 3.05) is 26.2 Å². The minimum atomic E-state index is -0.0528. The van der Waals surface area contributed by atoms with Crippen LogP contribution in [0.15, 0.2) is 0 Å². The van der Waals surface area contributed by atoms with Crippen LogP contribution in [0.2, 0.25) is 0 Å². The molecule has 1 rings (SSSR count). The number of ether oxygens (including phenoxy) is 1. The van der Waals surface area contributed by atoms with Crippen LogP contribution in [0.4, 0.5) is 0 Å². The van der Waals surface area contributed by atoms with E-state index in [0.717, 1.165) is 31.8 Å². The monoisotopic (exact) mass is 227 g/mol. The number of hydrogen-bond acceptors (Lipinski definition) is 3. The summed E-state index contributed by atoms with van der Waals surface area (Å²) in [6, 6.07) is 0. The lowest BCUT2D eigenvalue weighted by Gasteiger charge is -2.18. The molecule has 3 heteroatoms. The van der Waals surface area contributed by atoms with Crippen molar-refractivity contribution in [3.8, 4) is 0 Å². The van der Waals surface area contributed by atoms with E-state index in [0.29, 0.717) is 13.2 Å². The summed E-state index contributed by atoms with van der Waals surface area (Å²) in [7, 11) is 0. The maximum atomic E-state index is 11.5. The van der Waals surface area contributed by atoms with Crippen LogP contribution in [-0.2, 0) is 9.53 Å². The lowest BCUT2D eigenvalue weighted by Crippen LogP contribution is -2.32. The summed E-state index contributed by atoms with van der Waals surface area (Å²) in [5, 5.41) is 0. The Morgan fingerprint density at radius 2 is 2.19 bits per heavy atom. The maximum Gasteiger partial charge on any atom is 0.320 e. The molecule has 0 aromatic heterocycles. The second-order valence-electron chi connectivity index (χ2n) is 4.89. The van der Waals surface area contributed by atoms with Gasteiger partial charge in [0.1, 0.15) is 0 Å². The van der Waals surface area contributed by atoms with Gasteiger partial charge in [0, 0.05) is 0 Å². The van der Waals surface area contributed by atoms with Crippen molar-refractivity contribution >= 4 is 5.97 Å². The van der Waals surface area contributed by atoms with Crippen LogP contribution in [0.5, 0.6) is 0 Å². The molecule has 0 bridgehead atoms. The molecule has 1 aliphatic rings. The second-order valence-corrected chi connectivity index (χ2v) is 4.89. The molecule has 16 heavy (non-hydrogen) atoms. The Kier molecular flexibility index (Phi) is 6.46. The average molecular weight is 227 g/mol. The molecule has 0 spiro atoms. The molecule has 0 aromatic carbocycles. The molecule has 1 heterocycles. The van der Waals surface area contributed by atoms with Gasteiger partial charge in [-0.05, 0) is 44.7 Å². The fourth-order valence-electron chi connectivity index (χ4n) is 2.04. The third kappa shape index (κ3) is 5.50. The fraction of sp³-hybridized carbons (Fsp3) is 0.923. The average Bonchev–Trinajstić information content (AvgIpc) is 2.44. The van der Waals surface area contributed by atoms with Crippen LogP contribution in [-0.4, -0.2) is 37.1 Å². The summed E-state index contributed by atoms with van der Waals surface area (Å²) >= 11 is 0. The molecule has 1 fully saturated rings. The zero-order valence-corrected chi connectivity index (χ0v) is 10.7. The van der Waals surface area contributed by atoms with Gasteiger partial charge in [0.15, 0.2) is 0 Å². The van der Waals surface area contributed by atoms with Gasteiger partial charge in [-0.2, -0.15) is 0 Å². The van der Waals surface area contributed by atoms with Gasteiger partial charge in [0.05, 0.1) is 13.2 Å². The first-order valence-electron chi connectivity index (χ1n) is 6.60. The van der Waals surface area contributed by atoms with Crippen LogP contribution in [0.1, 0.15) is 46.0 Å². The summed E-state index contributed by atoms with van der Waals surface area (Å²) < 4.78 is 5.17. The van der Waals surface area contributed by atoms with E-state index in [1.165, 1.54) is 19.3 Å². The van der Waals surface area contributed by atoms with Gasteiger partial charge in [-0.3, -0.25) is 9.69 Å². The number of carbonyl (C=O) groups is 1. The van der Waals surface area contributed by atoms with Crippen molar-refractivity contribution in [2.24, 2.45) is 5.92 Å². The van der Waals surface area contributed by atoms with E-state index in [-0.39, 0.29) is 5.97 Å². The molecule has 1 atom stereocenters. The minimum Gasteiger partial charge on any atom is -0.465 e. The highest BCUT2D eigenvalue weighted by Gasteiger charge is 2.16. The second kappa shape index (κ2) is 7.66. The topological polar surface area (TPSA) is 29.5 Å². The van der Waals surface area contributed by atoms with Crippen LogP contribution in [0, 0.1) is 5.92 Å². The number of unbranched alkanes of at least 4 members (excludes halogenated alkanes) is 1. The normalized spacial score (nSPS) is 22.8. The Hall–Kier alpha value is -0.570. The molecular weight excluding hydrogens is 202 g/mol. The fourth-order valence-corrected chi connectivity index (χ4v) is 2.04. The Balaban J connectivity index is 2.17. The smallest absolute Gasteiger partial charge is 0.320 e. The van der Waals surface area contributed by atoms with Gasteiger partial charge >= 0.3 is 5.97 Å². The Morgan fingerprint density at radius 1 is 1.38 bits per heavy atom. The molecule has 0 aromatic rings. The highest BCUT2D eigenvalue weighted by molar-refractivity contribution is 5.71. The SMILES string of the molecule is CCCCOC(=O)CN1CCCC(C)CC1. The van der Waals surface area contributed by atoms with E-state index in [9.17, 15) is 4.79 Å². The Bertz CT molecular complexity index is 206. The Labute approximate surface area is 99.1 Å². The maximum absolute atomic E-state index is 11.5. The summed E-state index contributed by atoms with van der Waals surface area (Å²) in [6.45, 7) is 7.56. The minimum absolute atomic E-state index is 0.0528. The first-order valence-corrected chi connectivity index (χ1v) is 6.60. The molecule has 1 unspecified atom stereocenters. The van der Waals surface area contributed by atoms with Crippen LogP contribution < -0.4 is 0 Å². The highest BCUT2D eigenvalue weighted by Crippen LogP contribution is 2.16. The number of hydrogen-bond donors (Lipinski definition) is 0. The number of esters is 1. The van der Waals surface area contributed by atoms with Crippen molar-refractivity contribution in [1.82, 2.24) is 4.90 Å². The molecule has 0 aliphatic carbocycles. The lowest BCUT2D eigenvalue weighted by atomic mass is 10.0. The first-order chi connectivity index (χ1) is 7.72. The van der Waals surface area contributed by atoms with Crippen molar-refractivity contribution < 1.29 is 9.53 Å². The summed E-state index contributed by atoms with van der Waals surface area (Å²) in [5.74, 6) is 0.754. The zero-order chi connectivity index (χ0) is 11.8.